The fourth-order valence-electron chi connectivity index (χ4n) is 4.40. The van der Waals surface area contributed by atoms with Crippen LogP contribution in [-0.2, 0) is 9.53 Å². The SMILES string of the molecule is CCOC(=O)C1=C(C)N=c2s/c(=C/c3cc([N+](=O)[O-])cc([N+](=O)[O-])c3O)c(=O)n2[C@H]1c1cc(OC)c(OCC)cc1Br. The Hall–Kier alpha value is -4.57. The van der Waals surface area contributed by atoms with Gasteiger partial charge < -0.3 is 19.3 Å². The zero-order valence-electron chi connectivity index (χ0n) is 22.6. The molecule has 2 aromatic carbocycles. The first-order valence-electron chi connectivity index (χ1n) is 12.3. The average molecular weight is 663 g/mol. The number of nitrogens with zero attached hydrogens (tertiary/aromatic N) is 4. The van der Waals surface area contributed by atoms with E-state index >= 15 is 0 Å². The maximum Gasteiger partial charge on any atom is 0.338 e. The van der Waals surface area contributed by atoms with Gasteiger partial charge in [0, 0.05) is 16.1 Å². The molecular formula is C26H23BrN4O10S. The van der Waals surface area contributed by atoms with Gasteiger partial charge in [0.15, 0.2) is 16.3 Å². The van der Waals surface area contributed by atoms with E-state index in [-0.39, 0.29) is 32.8 Å². The van der Waals surface area contributed by atoms with E-state index in [0.29, 0.717) is 34.2 Å². The molecule has 0 radical (unpaired) electrons. The molecule has 0 spiro atoms. The lowest BCUT2D eigenvalue weighted by Gasteiger charge is -2.26. The van der Waals surface area contributed by atoms with Crippen LogP contribution in [0.2, 0.25) is 0 Å². The number of non-ortho nitro benzene ring substituents is 1. The van der Waals surface area contributed by atoms with Gasteiger partial charge in [-0.15, -0.1) is 0 Å². The number of halogens is 1. The fraction of sp³-hybridized carbons (Fsp3) is 0.269. The molecule has 1 N–H and O–H groups in total. The monoisotopic (exact) mass is 662 g/mol. The molecule has 1 aliphatic rings. The van der Waals surface area contributed by atoms with Gasteiger partial charge in [-0.25, -0.2) is 9.79 Å². The fourth-order valence-corrected chi connectivity index (χ4v) is 5.97. The highest BCUT2D eigenvalue weighted by Gasteiger charge is 2.35. The largest absolute Gasteiger partial charge is 0.502 e. The molecule has 1 atom stereocenters. The van der Waals surface area contributed by atoms with E-state index in [1.807, 2.05) is 0 Å². The number of ether oxygens (including phenoxy) is 3. The minimum absolute atomic E-state index is 0.0595. The standard InChI is InChI=1S/C26H23BrN4O10S/c1-5-40-19-11-16(27)15(10-18(19)39-4)22-21(25(34)41-6-2)12(3)28-26-29(22)24(33)20(42-26)8-13-7-14(30(35)36)9-17(23(13)32)31(37)38/h7-11,22,32H,5-6H2,1-4H3/b20-8+/t22-/m0/s1. The second-order valence-corrected chi connectivity index (χ2v) is 10.5. The highest BCUT2D eigenvalue weighted by Crippen LogP contribution is 2.41. The molecular weight excluding hydrogens is 640 g/mol. The van der Waals surface area contributed by atoms with Crippen molar-refractivity contribution in [3.05, 3.63) is 91.1 Å². The van der Waals surface area contributed by atoms with E-state index in [4.69, 9.17) is 14.2 Å². The molecule has 42 heavy (non-hydrogen) atoms. The molecule has 4 rings (SSSR count). The molecule has 0 saturated carbocycles. The second kappa shape index (κ2) is 12.1. The summed E-state index contributed by atoms with van der Waals surface area (Å²) in [5.41, 5.74) is -1.74. The number of phenols is 1. The van der Waals surface area contributed by atoms with Crippen LogP contribution >= 0.6 is 27.3 Å². The number of rotatable bonds is 9. The molecule has 1 aliphatic heterocycles. The van der Waals surface area contributed by atoms with Crippen molar-refractivity contribution in [3.63, 3.8) is 0 Å². The molecule has 0 unspecified atom stereocenters. The number of hydrogen-bond acceptors (Lipinski definition) is 12. The normalized spacial score (nSPS) is 14.7. The summed E-state index contributed by atoms with van der Waals surface area (Å²) in [5, 5.41) is 33.3. The molecule has 220 valence electrons. The molecule has 3 aromatic rings. The number of aromatic hydroxyl groups is 1. The number of carbonyl (C=O) groups excluding carboxylic acids is 1. The number of thiazole rings is 1. The van der Waals surface area contributed by atoms with E-state index in [9.17, 15) is 34.9 Å². The first-order chi connectivity index (χ1) is 19.9. The van der Waals surface area contributed by atoms with Crippen molar-refractivity contribution in [2.75, 3.05) is 20.3 Å². The molecule has 2 heterocycles. The van der Waals surface area contributed by atoms with Crippen LogP contribution in [-0.4, -0.2) is 45.8 Å². The number of phenolic OH excluding ortho intramolecular Hbond substituents is 1. The van der Waals surface area contributed by atoms with Crippen LogP contribution in [0.1, 0.15) is 37.9 Å². The number of methoxy groups -OCH3 is 1. The van der Waals surface area contributed by atoms with Gasteiger partial charge in [0.1, 0.15) is 0 Å². The van der Waals surface area contributed by atoms with E-state index in [1.54, 1.807) is 32.9 Å². The maximum atomic E-state index is 13.9. The Morgan fingerprint density at radius 2 is 1.88 bits per heavy atom. The first-order valence-corrected chi connectivity index (χ1v) is 13.9. The van der Waals surface area contributed by atoms with Gasteiger partial charge >= 0.3 is 11.7 Å². The maximum absolute atomic E-state index is 13.9. The summed E-state index contributed by atoms with van der Waals surface area (Å²) >= 11 is 4.39. The summed E-state index contributed by atoms with van der Waals surface area (Å²) in [4.78, 5) is 52.7. The Labute approximate surface area is 249 Å². The van der Waals surface area contributed by atoms with Crippen molar-refractivity contribution < 1.29 is 34.0 Å². The number of fused-ring (bicyclic) bond motifs is 1. The van der Waals surface area contributed by atoms with Crippen LogP contribution in [0.25, 0.3) is 6.08 Å². The molecule has 0 fully saturated rings. The highest BCUT2D eigenvalue weighted by molar-refractivity contribution is 9.10. The van der Waals surface area contributed by atoms with E-state index in [1.165, 1.54) is 11.7 Å². The smallest absolute Gasteiger partial charge is 0.338 e. The van der Waals surface area contributed by atoms with E-state index in [2.05, 4.69) is 20.9 Å². The Bertz CT molecular complexity index is 1850. The number of nitro groups is 2. The third kappa shape index (κ3) is 5.49. The highest BCUT2D eigenvalue weighted by atomic mass is 79.9. The Balaban J connectivity index is 2.04. The number of aromatic nitrogens is 1. The number of benzene rings is 2. The van der Waals surface area contributed by atoms with Crippen LogP contribution in [0, 0.1) is 20.2 Å². The lowest BCUT2D eigenvalue weighted by atomic mass is 9.95. The summed E-state index contributed by atoms with van der Waals surface area (Å²) in [7, 11) is 1.44. The summed E-state index contributed by atoms with van der Waals surface area (Å²) < 4.78 is 18.1. The van der Waals surface area contributed by atoms with Crippen LogP contribution in [0.4, 0.5) is 11.4 Å². The summed E-state index contributed by atoms with van der Waals surface area (Å²) in [5.74, 6) is -0.798. The number of esters is 1. The Kier molecular flexibility index (Phi) is 8.77. The predicted octanol–water partition coefficient (Wildman–Crippen LogP) is 3.49. The van der Waals surface area contributed by atoms with Gasteiger partial charge in [0.05, 0.1) is 58.1 Å². The summed E-state index contributed by atoms with van der Waals surface area (Å²) in [6, 6.07) is 3.74. The summed E-state index contributed by atoms with van der Waals surface area (Å²) in [6.45, 7) is 5.45. The molecule has 1 aromatic heterocycles. The second-order valence-electron chi connectivity index (χ2n) is 8.68. The summed E-state index contributed by atoms with van der Waals surface area (Å²) in [6.07, 6.45) is 1.10. The van der Waals surface area contributed by atoms with E-state index < -0.39 is 44.5 Å². The number of hydrogen-bond donors (Lipinski definition) is 1. The van der Waals surface area contributed by atoms with Crippen molar-refractivity contribution in [2.45, 2.75) is 26.8 Å². The van der Waals surface area contributed by atoms with Crippen LogP contribution in [0.3, 0.4) is 0 Å². The zero-order chi connectivity index (χ0) is 30.9. The van der Waals surface area contributed by atoms with Crippen molar-refractivity contribution >= 4 is 50.7 Å². The quantitative estimate of drug-likeness (QED) is 0.202. The first kappa shape index (κ1) is 30.4. The molecule has 0 bridgehead atoms. The molecule has 14 nitrogen and oxygen atoms in total. The number of carbonyl (C=O) groups is 1. The van der Waals surface area contributed by atoms with Gasteiger partial charge in [-0.05, 0) is 44.5 Å². The number of allylic oxidation sites excluding steroid dienone is 1. The van der Waals surface area contributed by atoms with Gasteiger partial charge in [-0.3, -0.25) is 29.6 Å². The molecule has 0 aliphatic carbocycles. The minimum Gasteiger partial charge on any atom is -0.502 e. The van der Waals surface area contributed by atoms with Crippen molar-refractivity contribution in [3.8, 4) is 17.2 Å². The van der Waals surface area contributed by atoms with Crippen LogP contribution < -0.4 is 24.4 Å². The Morgan fingerprint density at radius 1 is 1.17 bits per heavy atom. The topological polar surface area (TPSA) is 186 Å². The van der Waals surface area contributed by atoms with Crippen molar-refractivity contribution in [1.82, 2.24) is 4.57 Å². The van der Waals surface area contributed by atoms with E-state index in [0.717, 1.165) is 23.5 Å². The van der Waals surface area contributed by atoms with Crippen LogP contribution in [0.15, 0.2) is 49.8 Å². The molecule has 16 heteroatoms. The third-order valence-electron chi connectivity index (χ3n) is 6.19. The predicted molar refractivity (Wildman–Crippen MR) is 154 cm³/mol. The van der Waals surface area contributed by atoms with Gasteiger partial charge in [-0.1, -0.05) is 27.3 Å². The lowest BCUT2D eigenvalue weighted by molar-refractivity contribution is -0.394. The van der Waals surface area contributed by atoms with Crippen molar-refractivity contribution in [1.29, 1.82) is 0 Å². The molecule has 0 saturated heterocycles. The number of nitro benzene ring substituents is 2. The lowest BCUT2D eigenvalue weighted by Crippen LogP contribution is -2.40. The van der Waals surface area contributed by atoms with Gasteiger partial charge in [0.25, 0.3) is 11.2 Å². The molecule has 0 amide bonds. The van der Waals surface area contributed by atoms with Crippen LogP contribution in [0.5, 0.6) is 17.2 Å². The van der Waals surface area contributed by atoms with Crippen molar-refractivity contribution in [2.24, 2.45) is 4.99 Å². The average Bonchev–Trinajstić information content (AvgIpc) is 3.23. The van der Waals surface area contributed by atoms with Gasteiger partial charge in [-0.2, -0.15) is 0 Å². The van der Waals surface area contributed by atoms with Gasteiger partial charge in [0.2, 0.25) is 5.75 Å². The minimum atomic E-state index is -1.06. The Morgan fingerprint density at radius 3 is 2.48 bits per heavy atom. The zero-order valence-corrected chi connectivity index (χ0v) is 25.0. The third-order valence-corrected chi connectivity index (χ3v) is 7.86.